The van der Waals surface area contributed by atoms with Crippen molar-refractivity contribution in [1.29, 1.82) is 0 Å². The number of aromatic nitrogens is 1. The zero-order valence-corrected chi connectivity index (χ0v) is 29.3. The lowest BCUT2D eigenvalue weighted by Gasteiger charge is -2.49. The average Bonchev–Trinajstić information content (AvgIpc) is 3.86. The number of nitrogens with zero attached hydrogens (tertiary/aromatic N) is 4. The molecule has 4 aromatic rings. The standard InChI is InChI=1S/C40H41N5O6/c1-23-5-6-28(36-24(2)42-51-25(36)3)19-34(23)44(29-11-9-27(10-12-29)26-7-8-26)17-18-50-40(4)21-43(22-40)30-13-14-31-32(20-30)39(49)45(38(31)48)33-15-16-35(46)41-37(33)47/h5-6,9-14,19-20,26,33H,7-8,15-18,21-22H2,1-4H3,(H,41,46,47). The number of imide groups is 2. The maximum atomic E-state index is 13.4. The summed E-state index contributed by atoms with van der Waals surface area (Å²) in [4.78, 5) is 56.1. The van der Waals surface area contributed by atoms with Crippen LogP contribution in [0.3, 0.4) is 0 Å². The molecule has 2 saturated heterocycles. The Balaban J connectivity index is 0.964. The monoisotopic (exact) mass is 687 g/mol. The molecule has 1 aromatic heterocycles. The van der Waals surface area contributed by atoms with Crippen LogP contribution >= 0.6 is 0 Å². The fourth-order valence-corrected chi connectivity index (χ4v) is 7.76. The van der Waals surface area contributed by atoms with E-state index >= 15 is 0 Å². The Kier molecular flexibility index (Phi) is 8.05. The number of amides is 4. The quantitative estimate of drug-likeness (QED) is 0.201. The largest absolute Gasteiger partial charge is 0.370 e. The SMILES string of the molecule is Cc1ccc(-c2c(C)noc2C)cc1N(CCOC1(C)CN(c2ccc3c(c2)C(=O)N(C2CCC(=O)NC2=O)C3=O)C1)c1ccc(C2CC2)cc1. The molecule has 0 spiro atoms. The second-order valence-electron chi connectivity index (χ2n) is 14.5. The Morgan fingerprint density at radius 1 is 0.922 bits per heavy atom. The van der Waals surface area contributed by atoms with Gasteiger partial charge >= 0.3 is 0 Å². The minimum Gasteiger partial charge on any atom is -0.370 e. The van der Waals surface area contributed by atoms with Gasteiger partial charge in [-0.25, -0.2) is 0 Å². The third kappa shape index (κ3) is 5.99. The number of ether oxygens (including phenoxy) is 1. The van der Waals surface area contributed by atoms with Crippen molar-refractivity contribution in [3.05, 3.63) is 94.4 Å². The second-order valence-corrected chi connectivity index (χ2v) is 14.5. The van der Waals surface area contributed by atoms with Gasteiger partial charge in [-0.3, -0.25) is 29.4 Å². The molecule has 0 bridgehead atoms. The van der Waals surface area contributed by atoms with Crippen LogP contribution in [-0.4, -0.2) is 71.6 Å². The zero-order valence-electron chi connectivity index (χ0n) is 29.3. The number of carbonyl (C=O) groups excluding carboxylic acids is 4. The van der Waals surface area contributed by atoms with E-state index in [1.165, 1.54) is 18.4 Å². The van der Waals surface area contributed by atoms with Crippen LogP contribution in [0.2, 0.25) is 0 Å². The minimum atomic E-state index is -0.989. The van der Waals surface area contributed by atoms with Crippen molar-refractivity contribution >= 4 is 40.7 Å². The summed E-state index contributed by atoms with van der Waals surface area (Å²) in [5.41, 5.74) is 8.62. The van der Waals surface area contributed by atoms with E-state index in [9.17, 15) is 19.2 Å². The lowest BCUT2D eigenvalue weighted by molar-refractivity contribution is -0.136. The van der Waals surface area contributed by atoms with E-state index in [0.717, 1.165) is 50.1 Å². The number of aryl methyl sites for hydroxylation is 3. The first-order chi connectivity index (χ1) is 24.5. The number of nitrogens with one attached hydrogen (secondary N) is 1. The third-order valence-electron chi connectivity index (χ3n) is 10.7. The van der Waals surface area contributed by atoms with Crippen LogP contribution in [-0.2, 0) is 14.3 Å². The maximum absolute atomic E-state index is 13.4. The van der Waals surface area contributed by atoms with Crippen LogP contribution in [0.25, 0.3) is 11.1 Å². The number of benzene rings is 3. The van der Waals surface area contributed by atoms with Gasteiger partial charge in [-0.2, -0.15) is 0 Å². The number of anilines is 3. The van der Waals surface area contributed by atoms with Gasteiger partial charge in [0.15, 0.2) is 0 Å². The lowest BCUT2D eigenvalue weighted by Crippen LogP contribution is -2.62. The molecule has 3 aliphatic heterocycles. The average molecular weight is 688 g/mol. The summed E-state index contributed by atoms with van der Waals surface area (Å²) in [6.07, 6.45) is 2.72. The Bertz CT molecular complexity index is 2060. The molecule has 4 aliphatic rings. The van der Waals surface area contributed by atoms with Crippen molar-refractivity contribution in [2.24, 2.45) is 0 Å². The third-order valence-corrected chi connectivity index (χ3v) is 10.7. The van der Waals surface area contributed by atoms with Gasteiger partial charge in [-0.1, -0.05) is 29.4 Å². The first kappa shape index (κ1) is 32.9. The molecular weight excluding hydrogens is 646 g/mol. The van der Waals surface area contributed by atoms with Crippen molar-refractivity contribution in [3.8, 4) is 11.1 Å². The van der Waals surface area contributed by atoms with Crippen LogP contribution in [0.15, 0.2) is 65.2 Å². The van der Waals surface area contributed by atoms with Gasteiger partial charge in [-0.15, -0.1) is 0 Å². The summed E-state index contributed by atoms with van der Waals surface area (Å²) in [7, 11) is 0. The van der Waals surface area contributed by atoms with Crippen LogP contribution in [0.4, 0.5) is 17.1 Å². The highest BCUT2D eigenvalue weighted by atomic mass is 16.5. The molecule has 11 heteroatoms. The van der Waals surface area contributed by atoms with E-state index in [1.807, 2.05) is 19.9 Å². The van der Waals surface area contributed by atoms with E-state index < -0.39 is 35.3 Å². The zero-order chi connectivity index (χ0) is 35.6. The van der Waals surface area contributed by atoms with Gasteiger partial charge < -0.3 is 19.1 Å². The molecule has 3 aromatic carbocycles. The second kappa shape index (κ2) is 12.5. The summed E-state index contributed by atoms with van der Waals surface area (Å²) >= 11 is 0. The van der Waals surface area contributed by atoms with E-state index in [4.69, 9.17) is 9.26 Å². The molecule has 3 fully saturated rings. The van der Waals surface area contributed by atoms with Crippen molar-refractivity contribution in [3.63, 3.8) is 0 Å². The first-order valence-corrected chi connectivity index (χ1v) is 17.7. The predicted molar refractivity (Wildman–Crippen MR) is 191 cm³/mol. The van der Waals surface area contributed by atoms with Crippen LogP contribution in [0, 0.1) is 20.8 Å². The Morgan fingerprint density at radius 2 is 1.67 bits per heavy atom. The molecule has 1 aliphatic carbocycles. The molecular formula is C40H41N5O6. The van der Waals surface area contributed by atoms with E-state index in [2.05, 4.69) is 76.6 Å². The number of rotatable bonds is 10. The minimum absolute atomic E-state index is 0.0836. The van der Waals surface area contributed by atoms with Crippen molar-refractivity contribution < 1.29 is 28.4 Å². The van der Waals surface area contributed by atoms with Gasteiger partial charge in [0.25, 0.3) is 11.8 Å². The molecule has 1 atom stereocenters. The summed E-state index contributed by atoms with van der Waals surface area (Å²) in [5.74, 6) is -0.563. The number of hydrogen-bond donors (Lipinski definition) is 1. The molecule has 11 nitrogen and oxygen atoms in total. The normalized spacial score (nSPS) is 19.6. The number of fused-ring (bicyclic) bond motifs is 1. The molecule has 4 heterocycles. The topological polar surface area (TPSA) is 125 Å². The maximum Gasteiger partial charge on any atom is 0.262 e. The fraction of sp³-hybridized carbons (Fsp3) is 0.375. The van der Waals surface area contributed by atoms with E-state index in [-0.39, 0.29) is 24.0 Å². The number of hydrogen-bond acceptors (Lipinski definition) is 9. The van der Waals surface area contributed by atoms with E-state index in [0.29, 0.717) is 32.2 Å². The molecule has 262 valence electrons. The van der Waals surface area contributed by atoms with Crippen molar-refractivity contribution in [1.82, 2.24) is 15.4 Å². The summed E-state index contributed by atoms with van der Waals surface area (Å²) in [6, 6.07) is 19.6. The number of piperidine rings is 1. The highest BCUT2D eigenvalue weighted by Crippen LogP contribution is 2.42. The van der Waals surface area contributed by atoms with Crippen molar-refractivity contribution in [2.45, 2.75) is 70.9 Å². The molecule has 1 N–H and O–H groups in total. The first-order valence-electron chi connectivity index (χ1n) is 17.7. The van der Waals surface area contributed by atoms with Crippen LogP contribution < -0.4 is 15.1 Å². The molecule has 1 saturated carbocycles. The van der Waals surface area contributed by atoms with Gasteiger partial charge in [0.1, 0.15) is 17.4 Å². The fourth-order valence-electron chi connectivity index (χ4n) is 7.76. The molecule has 8 rings (SSSR count). The Labute approximate surface area is 296 Å². The van der Waals surface area contributed by atoms with Crippen LogP contribution in [0.5, 0.6) is 0 Å². The Hall–Kier alpha value is -5.29. The summed E-state index contributed by atoms with van der Waals surface area (Å²) in [5, 5.41) is 6.42. The number of carbonyl (C=O) groups is 4. The summed E-state index contributed by atoms with van der Waals surface area (Å²) < 4.78 is 12.1. The molecule has 1 unspecified atom stereocenters. The molecule has 4 amide bonds. The van der Waals surface area contributed by atoms with Gasteiger partial charge in [0, 0.05) is 48.7 Å². The highest BCUT2D eigenvalue weighted by molar-refractivity contribution is 6.23. The molecule has 0 radical (unpaired) electrons. The Morgan fingerprint density at radius 3 is 2.35 bits per heavy atom. The van der Waals surface area contributed by atoms with Gasteiger partial charge in [0.05, 0.1) is 23.4 Å². The smallest absolute Gasteiger partial charge is 0.262 e. The van der Waals surface area contributed by atoms with Gasteiger partial charge in [0.2, 0.25) is 11.8 Å². The highest BCUT2D eigenvalue weighted by Gasteiger charge is 2.46. The van der Waals surface area contributed by atoms with Gasteiger partial charge in [-0.05, 0) is 106 Å². The lowest BCUT2D eigenvalue weighted by atomic mass is 9.94. The van der Waals surface area contributed by atoms with E-state index in [1.54, 1.807) is 12.1 Å². The predicted octanol–water partition coefficient (Wildman–Crippen LogP) is 5.98. The molecule has 51 heavy (non-hydrogen) atoms. The van der Waals surface area contributed by atoms with Crippen LogP contribution in [0.1, 0.15) is 81.8 Å². The summed E-state index contributed by atoms with van der Waals surface area (Å²) in [6.45, 7) is 10.5. The van der Waals surface area contributed by atoms with Crippen molar-refractivity contribution in [2.75, 3.05) is 36.0 Å².